The molecule has 0 aliphatic heterocycles. The van der Waals surface area contributed by atoms with E-state index in [9.17, 15) is 13.2 Å². The molecular weight excluding hydrogens is 515 g/mol. The van der Waals surface area contributed by atoms with E-state index >= 15 is 0 Å². The third-order valence-corrected chi connectivity index (χ3v) is 8.48. The van der Waals surface area contributed by atoms with Crippen LogP contribution in [0.5, 0.6) is 0 Å². The van der Waals surface area contributed by atoms with Gasteiger partial charge in [-0.2, -0.15) is 4.31 Å². The number of nitrogens with zero attached hydrogens (tertiary/aromatic N) is 1. The fourth-order valence-corrected chi connectivity index (χ4v) is 6.09. The molecule has 1 amide bonds. The van der Waals surface area contributed by atoms with E-state index < -0.39 is 10.0 Å². The number of halogens is 3. The lowest BCUT2D eigenvalue weighted by molar-refractivity contribution is -0.122. The standard InChI is InChI=1S/C25H23Cl3N2O3S/c26-19-10-12-21(13-11-19)34(32,33)30(15-18-8-9-20(27)14-23(18)28)16-25(31)29-24-7-3-5-17-4-1-2-6-22(17)24/h1-2,4,6,8-14,24H,3,5,7,15-16H2,(H,29,31). The van der Waals surface area contributed by atoms with Crippen LogP contribution >= 0.6 is 34.8 Å². The SMILES string of the molecule is O=C(CN(Cc1ccc(Cl)cc1Cl)S(=O)(=O)c1ccc(Cl)cc1)NC1CCCc2ccccc21. The topological polar surface area (TPSA) is 66.5 Å². The van der Waals surface area contributed by atoms with Crippen molar-refractivity contribution in [1.82, 2.24) is 9.62 Å². The van der Waals surface area contributed by atoms with Gasteiger partial charge in [-0.3, -0.25) is 4.79 Å². The smallest absolute Gasteiger partial charge is 0.243 e. The van der Waals surface area contributed by atoms with Gasteiger partial charge in [0.2, 0.25) is 15.9 Å². The number of aryl methyl sites for hydroxylation is 1. The molecule has 0 bridgehead atoms. The molecule has 1 atom stereocenters. The maximum Gasteiger partial charge on any atom is 0.243 e. The highest BCUT2D eigenvalue weighted by atomic mass is 35.5. The third-order valence-electron chi connectivity index (χ3n) is 5.84. The van der Waals surface area contributed by atoms with Crippen LogP contribution in [-0.2, 0) is 27.8 Å². The highest BCUT2D eigenvalue weighted by Crippen LogP contribution is 2.30. The van der Waals surface area contributed by atoms with Gasteiger partial charge < -0.3 is 5.32 Å². The van der Waals surface area contributed by atoms with Gasteiger partial charge in [0.05, 0.1) is 17.5 Å². The molecule has 4 rings (SSSR count). The lowest BCUT2D eigenvalue weighted by Crippen LogP contribution is -2.42. The molecule has 1 aliphatic rings. The molecule has 1 aliphatic carbocycles. The Morgan fingerprint density at radius 2 is 1.68 bits per heavy atom. The lowest BCUT2D eigenvalue weighted by atomic mass is 9.88. The third kappa shape index (κ3) is 5.75. The van der Waals surface area contributed by atoms with Gasteiger partial charge in [-0.05, 0) is 72.4 Å². The highest BCUT2D eigenvalue weighted by molar-refractivity contribution is 7.89. The van der Waals surface area contributed by atoms with Gasteiger partial charge >= 0.3 is 0 Å². The van der Waals surface area contributed by atoms with Crippen LogP contribution in [0.3, 0.4) is 0 Å². The van der Waals surface area contributed by atoms with Gasteiger partial charge in [0, 0.05) is 21.6 Å². The molecule has 5 nitrogen and oxygen atoms in total. The van der Waals surface area contributed by atoms with Crippen LogP contribution in [0.15, 0.2) is 71.6 Å². The molecule has 34 heavy (non-hydrogen) atoms. The highest BCUT2D eigenvalue weighted by Gasteiger charge is 2.29. The second kappa shape index (κ2) is 10.7. The molecule has 0 fully saturated rings. The summed E-state index contributed by atoms with van der Waals surface area (Å²) in [6.07, 6.45) is 2.72. The van der Waals surface area contributed by atoms with E-state index in [0.29, 0.717) is 20.6 Å². The van der Waals surface area contributed by atoms with Gasteiger partial charge in [0.15, 0.2) is 0 Å². The normalized spacial score (nSPS) is 15.7. The second-order valence-electron chi connectivity index (χ2n) is 8.17. The minimum atomic E-state index is -4.02. The van der Waals surface area contributed by atoms with Crippen molar-refractivity contribution in [3.8, 4) is 0 Å². The summed E-state index contributed by atoms with van der Waals surface area (Å²) in [6.45, 7) is -0.446. The van der Waals surface area contributed by atoms with E-state index in [1.807, 2.05) is 18.2 Å². The predicted octanol–water partition coefficient (Wildman–Crippen LogP) is 6.03. The Labute approximate surface area is 214 Å². The van der Waals surface area contributed by atoms with Gasteiger partial charge in [0.1, 0.15) is 0 Å². The van der Waals surface area contributed by atoms with E-state index in [2.05, 4.69) is 11.4 Å². The van der Waals surface area contributed by atoms with E-state index in [1.54, 1.807) is 18.2 Å². The van der Waals surface area contributed by atoms with Crippen molar-refractivity contribution in [3.05, 3.63) is 98.5 Å². The molecule has 0 radical (unpaired) electrons. The summed E-state index contributed by atoms with van der Waals surface area (Å²) in [6, 6.07) is 18.5. The monoisotopic (exact) mass is 536 g/mol. The number of carbonyl (C=O) groups is 1. The first-order chi connectivity index (χ1) is 16.2. The fraction of sp³-hybridized carbons (Fsp3) is 0.240. The van der Waals surface area contributed by atoms with Crippen LogP contribution in [0.4, 0.5) is 0 Å². The molecule has 0 aromatic heterocycles. The average molecular weight is 538 g/mol. The number of benzene rings is 3. The number of hydrogen-bond donors (Lipinski definition) is 1. The van der Waals surface area contributed by atoms with E-state index in [-0.39, 0.29) is 29.9 Å². The Kier molecular flexibility index (Phi) is 7.85. The summed E-state index contributed by atoms with van der Waals surface area (Å²) in [5.41, 5.74) is 2.83. The van der Waals surface area contributed by atoms with Crippen molar-refractivity contribution in [1.29, 1.82) is 0 Å². The van der Waals surface area contributed by atoms with E-state index in [4.69, 9.17) is 34.8 Å². The summed E-state index contributed by atoms with van der Waals surface area (Å²) >= 11 is 18.2. The largest absolute Gasteiger partial charge is 0.348 e. The minimum absolute atomic E-state index is 0.0396. The van der Waals surface area contributed by atoms with Gasteiger partial charge in [-0.1, -0.05) is 65.1 Å². The Balaban J connectivity index is 1.60. The van der Waals surface area contributed by atoms with Crippen LogP contribution < -0.4 is 5.32 Å². The first kappa shape index (κ1) is 25.0. The molecule has 3 aromatic carbocycles. The van der Waals surface area contributed by atoms with Crippen molar-refractivity contribution in [2.45, 2.75) is 36.7 Å². The predicted molar refractivity (Wildman–Crippen MR) is 136 cm³/mol. The van der Waals surface area contributed by atoms with Crippen LogP contribution in [0.1, 0.15) is 35.6 Å². The minimum Gasteiger partial charge on any atom is -0.348 e. The van der Waals surface area contributed by atoms with E-state index in [0.717, 1.165) is 29.1 Å². The Morgan fingerprint density at radius 3 is 2.41 bits per heavy atom. The maximum absolute atomic E-state index is 13.5. The average Bonchev–Trinajstić information content (AvgIpc) is 2.81. The number of nitrogens with one attached hydrogen (secondary N) is 1. The zero-order valence-electron chi connectivity index (χ0n) is 18.2. The summed E-state index contributed by atoms with van der Waals surface area (Å²) in [5.74, 6) is -0.385. The number of hydrogen-bond acceptors (Lipinski definition) is 3. The quantitative estimate of drug-likeness (QED) is 0.400. The van der Waals surface area contributed by atoms with Crippen LogP contribution in [0, 0.1) is 0 Å². The molecule has 0 saturated carbocycles. The fourth-order valence-electron chi connectivity index (χ4n) is 4.13. The number of amides is 1. The van der Waals surface area contributed by atoms with Crippen molar-refractivity contribution >= 4 is 50.7 Å². The molecule has 3 aromatic rings. The molecule has 1 unspecified atom stereocenters. The molecule has 178 valence electrons. The molecule has 9 heteroatoms. The number of rotatable bonds is 7. The van der Waals surface area contributed by atoms with Crippen molar-refractivity contribution in [2.24, 2.45) is 0 Å². The summed E-state index contributed by atoms with van der Waals surface area (Å²) in [4.78, 5) is 13.1. The van der Waals surface area contributed by atoms with Crippen LogP contribution in [0.25, 0.3) is 0 Å². The molecule has 0 saturated heterocycles. The molecule has 0 spiro atoms. The van der Waals surface area contributed by atoms with E-state index in [1.165, 1.54) is 29.8 Å². The molecule has 1 N–H and O–H groups in total. The van der Waals surface area contributed by atoms with Gasteiger partial charge in [0.25, 0.3) is 0 Å². The Hall–Kier alpha value is -2.09. The van der Waals surface area contributed by atoms with Crippen LogP contribution in [0.2, 0.25) is 15.1 Å². The first-order valence-corrected chi connectivity index (χ1v) is 13.4. The zero-order valence-corrected chi connectivity index (χ0v) is 21.3. The van der Waals surface area contributed by atoms with Crippen molar-refractivity contribution in [3.63, 3.8) is 0 Å². The maximum atomic E-state index is 13.5. The zero-order chi connectivity index (χ0) is 24.3. The number of sulfonamides is 1. The molecular formula is C25H23Cl3N2O3S. The van der Waals surface area contributed by atoms with Gasteiger partial charge in [-0.15, -0.1) is 0 Å². The Bertz CT molecular complexity index is 1300. The number of carbonyl (C=O) groups excluding carboxylic acids is 1. The second-order valence-corrected chi connectivity index (χ2v) is 11.4. The van der Waals surface area contributed by atoms with Crippen molar-refractivity contribution in [2.75, 3.05) is 6.54 Å². The molecule has 0 heterocycles. The first-order valence-electron chi connectivity index (χ1n) is 10.8. The number of fused-ring (bicyclic) bond motifs is 1. The van der Waals surface area contributed by atoms with Crippen molar-refractivity contribution < 1.29 is 13.2 Å². The lowest BCUT2D eigenvalue weighted by Gasteiger charge is -2.28. The van der Waals surface area contributed by atoms with Gasteiger partial charge in [-0.25, -0.2) is 8.42 Å². The Morgan fingerprint density at radius 1 is 0.971 bits per heavy atom. The summed E-state index contributed by atoms with van der Waals surface area (Å²) in [5, 5.41) is 4.21. The summed E-state index contributed by atoms with van der Waals surface area (Å²) in [7, 11) is -4.02. The summed E-state index contributed by atoms with van der Waals surface area (Å²) < 4.78 is 28.1. The van der Waals surface area contributed by atoms with Crippen LogP contribution in [-0.4, -0.2) is 25.2 Å².